The van der Waals surface area contributed by atoms with E-state index in [2.05, 4.69) is 35.8 Å². The molecule has 7 nitrogen and oxygen atoms in total. The van der Waals surface area contributed by atoms with Crippen molar-refractivity contribution < 1.29 is 17.9 Å². The molecule has 0 bridgehead atoms. The fourth-order valence-electron chi connectivity index (χ4n) is 4.68. The monoisotopic (exact) mass is 601 g/mol. The zero-order valence-electron chi connectivity index (χ0n) is 23.6. The van der Waals surface area contributed by atoms with Gasteiger partial charge in [0.1, 0.15) is 0 Å². The van der Waals surface area contributed by atoms with Crippen LogP contribution in [-0.4, -0.2) is 26.0 Å². The van der Waals surface area contributed by atoms with Crippen LogP contribution in [0, 0.1) is 0 Å². The molecule has 5 aromatic rings. The average Bonchev–Trinajstić information content (AvgIpc) is 3.30. The predicted molar refractivity (Wildman–Crippen MR) is 169 cm³/mol. The van der Waals surface area contributed by atoms with E-state index in [9.17, 15) is 13.2 Å². The number of H-pyrrole nitrogens is 1. The highest BCUT2D eigenvalue weighted by atomic mass is 35.5. The molecule has 3 N–H and O–H groups in total. The van der Waals surface area contributed by atoms with Crippen LogP contribution >= 0.6 is 11.6 Å². The number of nitrogens with one attached hydrogen (secondary N) is 3. The number of aromatic amines is 1. The van der Waals surface area contributed by atoms with Crippen LogP contribution in [0.2, 0.25) is 5.02 Å². The lowest BCUT2D eigenvalue weighted by Gasteiger charge is -2.19. The Morgan fingerprint density at radius 1 is 0.905 bits per heavy atom. The largest absolute Gasteiger partial charge is 0.413 e. The molecule has 0 aliphatic carbocycles. The lowest BCUT2D eigenvalue weighted by atomic mass is 9.87. The molecule has 1 aromatic heterocycles. The highest BCUT2D eigenvalue weighted by Gasteiger charge is 2.21. The van der Waals surface area contributed by atoms with Crippen LogP contribution in [0.5, 0.6) is 5.88 Å². The summed E-state index contributed by atoms with van der Waals surface area (Å²) in [5.74, 6) is 0.259. The Hall–Kier alpha value is -4.27. The maximum atomic E-state index is 13.2. The van der Waals surface area contributed by atoms with E-state index in [1.807, 2.05) is 60.7 Å². The number of carbonyl (C=O) groups excluding carboxylic acids is 1. The van der Waals surface area contributed by atoms with Crippen molar-refractivity contribution in [2.24, 2.45) is 0 Å². The van der Waals surface area contributed by atoms with E-state index in [1.165, 1.54) is 0 Å². The molecule has 1 heterocycles. The van der Waals surface area contributed by atoms with E-state index in [4.69, 9.17) is 16.3 Å². The van der Waals surface area contributed by atoms with E-state index >= 15 is 0 Å². The maximum absolute atomic E-state index is 13.2. The number of hydrogen-bond donors (Lipinski definition) is 3. The SMILES string of the molecule is CC(C)(C)c1ccc(S(=O)(=O)Nc2ccc3[nH]c(OC(=O)NCCc4cccc(Cl)c4)c(-c4ccccc4)c3c2)cc1. The smallest absolute Gasteiger partial charge is 0.393 e. The quantitative estimate of drug-likeness (QED) is 0.168. The highest BCUT2D eigenvalue weighted by molar-refractivity contribution is 7.92. The number of sulfonamides is 1. The second-order valence-corrected chi connectivity index (χ2v) is 13.2. The number of amides is 1. The van der Waals surface area contributed by atoms with Crippen molar-refractivity contribution in [2.45, 2.75) is 37.5 Å². The van der Waals surface area contributed by atoms with E-state index < -0.39 is 16.1 Å². The molecule has 0 saturated carbocycles. The zero-order chi connectivity index (χ0) is 29.9. The van der Waals surface area contributed by atoms with Gasteiger partial charge >= 0.3 is 6.09 Å². The fraction of sp³-hybridized carbons (Fsp3) is 0.182. The van der Waals surface area contributed by atoms with Gasteiger partial charge in [0, 0.05) is 28.2 Å². The van der Waals surface area contributed by atoms with Crippen molar-refractivity contribution in [3.8, 4) is 17.0 Å². The number of rotatable bonds is 8. The summed E-state index contributed by atoms with van der Waals surface area (Å²) in [6, 6.07) is 29.0. The minimum Gasteiger partial charge on any atom is -0.393 e. The van der Waals surface area contributed by atoms with Crippen molar-refractivity contribution in [1.29, 1.82) is 0 Å². The van der Waals surface area contributed by atoms with E-state index in [0.29, 0.717) is 40.1 Å². The lowest BCUT2D eigenvalue weighted by molar-refractivity contribution is 0.199. The van der Waals surface area contributed by atoms with E-state index in [-0.39, 0.29) is 16.2 Å². The molecule has 0 saturated heterocycles. The number of halogens is 1. The van der Waals surface area contributed by atoms with Crippen LogP contribution < -0.4 is 14.8 Å². The Morgan fingerprint density at radius 3 is 2.33 bits per heavy atom. The van der Waals surface area contributed by atoms with Gasteiger partial charge in [0.25, 0.3) is 10.0 Å². The second-order valence-electron chi connectivity index (χ2n) is 11.0. The van der Waals surface area contributed by atoms with Gasteiger partial charge in [-0.05, 0) is 71.0 Å². The highest BCUT2D eigenvalue weighted by Crippen LogP contribution is 2.39. The first kappa shape index (κ1) is 29.2. The van der Waals surface area contributed by atoms with Gasteiger partial charge < -0.3 is 15.0 Å². The molecule has 0 aliphatic heterocycles. The molecule has 1 amide bonds. The standard InChI is InChI=1S/C33H32ClN3O4S/c1-33(2,3)24-12-15-27(16-13-24)42(39,40)37-26-14-17-29-28(21-26)30(23-9-5-4-6-10-23)31(36-29)41-32(38)35-19-18-22-8-7-11-25(34)20-22/h4-17,20-21,36-37H,18-19H2,1-3H3,(H,35,38). The summed E-state index contributed by atoms with van der Waals surface area (Å²) in [5.41, 5.74) is 4.48. The van der Waals surface area contributed by atoms with Crippen molar-refractivity contribution >= 4 is 44.3 Å². The summed E-state index contributed by atoms with van der Waals surface area (Å²) in [4.78, 5) is 16.1. The van der Waals surface area contributed by atoms with Crippen LogP contribution in [0.4, 0.5) is 10.5 Å². The third kappa shape index (κ3) is 6.78. The van der Waals surface area contributed by atoms with Crippen LogP contribution in [-0.2, 0) is 21.9 Å². The molecular formula is C33H32ClN3O4S. The Balaban J connectivity index is 1.39. The first-order valence-corrected chi connectivity index (χ1v) is 15.4. The van der Waals surface area contributed by atoms with Gasteiger partial charge in [-0.2, -0.15) is 0 Å². The van der Waals surface area contributed by atoms with Gasteiger partial charge in [0.2, 0.25) is 5.88 Å². The summed E-state index contributed by atoms with van der Waals surface area (Å²) < 4.78 is 34.9. The number of carbonyl (C=O) groups is 1. The number of benzene rings is 4. The van der Waals surface area contributed by atoms with Gasteiger partial charge in [-0.1, -0.05) is 87.0 Å². The van der Waals surface area contributed by atoms with E-state index in [1.54, 1.807) is 36.4 Å². The second kappa shape index (κ2) is 11.9. The van der Waals surface area contributed by atoms with Gasteiger partial charge in [-0.15, -0.1) is 0 Å². The summed E-state index contributed by atoms with van der Waals surface area (Å²) in [7, 11) is -3.83. The number of aromatic nitrogens is 1. The minimum absolute atomic E-state index is 0.0875. The molecule has 5 rings (SSSR count). The third-order valence-electron chi connectivity index (χ3n) is 6.88. The first-order valence-electron chi connectivity index (χ1n) is 13.5. The Kier molecular flexibility index (Phi) is 8.29. The van der Waals surface area contributed by atoms with Crippen LogP contribution in [0.1, 0.15) is 31.9 Å². The first-order chi connectivity index (χ1) is 20.0. The number of ether oxygens (including phenoxy) is 1. The summed E-state index contributed by atoms with van der Waals surface area (Å²) >= 11 is 6.05. The number of hydrogen-bond acceptors (Lipinski definition) is 4. The predicted octanol–water partition coefficient (Wildman–Crippen LogP) is 7.92. The molecule has 42 heavy (non-hydrogen) atoms. The molecular weight excluding hydrogens is 570 g/mol. The fourth-order valence-corrected chi connectivity index (χ4v) is 5.94. The Morgan fingerprint density at radius 2 is 1.64 bits per heavy atom. The van der Waals surface area contributed by atoms with Crippen molar-refractivity contribution in [2.75, 3.05) is 11.3 Å². The lowest BCUT2D eigenvalue weighted by Crippen LogP contribution is -2.29. The summed E-state index contributed by atoms with van der Waals surface area (Å²) in [5, 5.41) is 4.12. The molecule has 0 spiro atoms. The van der Waals surface area contributed by atoms with Gasteiger partial charge in [0.15, 0.2) is 0 Å². The zero-order valence-corrected chi connectivity index (χ0v) is 25.1. The average molecular weight is 602 g/mol. The van der Waals surface area contributed by atoms with Gasteiger partial charge in [0.05, 0.1) is 10.5 Å². The van der Waals surface area contributed by atoms with Crippen LogP contribution in [0.15, 0.2) is 102 Å². The van der Waals surface area contributed by atoms with Crippen molar-refractivity contribution in [3.05, 3.63) is 113 Å². The molecule has 0 unspecified atom stereocenters. The van der Waals surface area contributed by atoms with Crippen molar-refractivity contribution in [1.82, 2.24) is 10.3 Å². The number of fused-ring (bicyclic) bond motifs is 1. The van der Waals surface area contributed by atoms with Crippen molar-refractivity contribution in [3.63, 3.8) is 0 Å². The molecule has 0 atom stereocenters. The summed E-state index contributed by atoms with van der Waals surface area (Å²) in [6.45, 7) is 6.60. The van der Waals surface area contributed by atoms with Crippen LogP contribution in [0.3, 0.4) is 0 Å². The minimum atomic E-state index is -3.83. The van der Waals surface area contributed by atoms with Gasteiger partial charge in [-0.25, -0.2) is 13.2 Å². The molecule has 9 heteroatoms. The topological polar surface area (TPSA) is 100 Å². The molecule has 0 fully saturated rings. The van der Waals surface area contributed by atoms with Gasteiger partial charge in [-0.3, -0.25) is 4.72 Å². The van der Waals surface area contributed by atoms with E-state index in [0.717, 1.165) is 16.7 Å². The number of anilines is 1. The molecule has 0 aliphatic rings. The Labute approximate surface area is 250 Å². The van der Waals surface area contributed by atoms with Crippen LogP contribution in [0.25, 0.3) is 22.0 Å². The molecule has 4 aromatic carbocycles. The third-order valence-corrected chi connectivity index (χ3v) is 8.51. The summed E-state index contributed by atoms with van der Waals surface area (Å²) in [6.07, 6.45) is -0.0172. The molecule has 0 radical (unpaired) electrons. The molecule has 216 valence electrons. The Bertz CT molecular complexity index is 1830. The maximum Gasteiger partial charge on any atom is 0.413 e. The normalized spacial score (nSPS) is 11.8.